The molecule has 0 aliphatic rings. The summed E-state index contributed by atoms with van der Waals surface area (Å²) in [4.78, 5) is 4.52. The monoisotopic (exact) mass is 364 g/mol. The van der Waals surface area contributed by atoms with Crippen LogP contribution in [0.4, 0.5) is 0 Å². The van der Waals surface area contributed by atoms with Gasteiger partial charge in [-0.2, -0.15) is 0 Å². The smallest absolute Gasteiger partial charge is 0.155 e. The Labute approximate surface area is 161 Å². The summed E-state index contributed by atoms with van der Waals surface area (Å²) in [5, 5.41) is 16.3. The molecule has 2 heterocycles. The van der Waals surface area contributed by atoms with E-state index in [9.17, 15) is 5.21 Å². The van der Waals surface area contributed by atoms with Gasteiger partial charge in [0, 0.05) is 23.0 Å². The van der Waals surface area contributed by atoms with Crippen LogP contribution in [0.15, 0.2) is 101 Å². The minimum absolute atomic E-state index is 0.450. The molecule has 0 aliphatic heterocycles. The van der Waals surface area contributed by atoms with E-state index in [0.717, 1.165) is 27.3 Å². The van der Waals surface area contributed by atoms with Crippen molar-refractivity contribution in [2.24, 2.45) is 5.16 Å². The zero-order valence-corrected chi connectivity index (χ0v) is 14.9. The topological polar surface area (TPSA) is 58.6 Å². The van der Waals surface area contributed by atoms with Crippen LogP contribution in [0.25, 0.3) is 44.3 Å². The maximum absolute atomic E-state index is 9.53. The van der Waals surface area contributed by atoms with Gasteiger partial charge in [0.05, 0.1) is 0 Å². The minimum atomic E-state index is 0.450. The Morgan fingerprint density at radius 1 is 0.750 bits per heavy atom. The van der Waals surface area contributed by atoms with Crippen molar-refractivity contribution in [3.05, 3.63) is 96.5 Å². The van der Waals surface area contributed by atoms with Crippen molar-refractivity contribution in [2.75, 3.05) is 0 Å². The second-order valence-corrected chi connectivity index (χ2v) is 6.59. The van der Waals surface area contributed by atoms with E-state index in [4.69, 9.17) is 4.42 Å². The molecule has 28 heavy (non-hydrogen) atoms. The van der Waals surface area contributed by atoms with Gasteiger partial charge in [-0.15, -0.1) is 0 Å². The molecule has 4 heteroatoms. The number of nitrogens with zero attached hydrogens (tertiary/aromatic N) is 2. The maximum atomic E-state index is 9.53. The SMILES string of the molecule is ON=c1cc(-c2cc3ccccc3cn2)oc2cc(-c3ccccc3)ccc12. The molecule has 5 rings (SSSR count). The molecule has 3 aromatic carbocycles. The highest BCUT2D eigenvalue weighted by Gasteiger charge is 2.10. The molecule has 134 valence electrons. The fraction of sp³-hybridized carbons (Fsp3) is 0. The van der Waals surface area contributed by atoms with E-state index in [0.29, 0.717) is 22.4 Å². The van der Waals surface area contributed by atoms with Crippen molar-refractivity contribution in [1.82, 2.24) is 4.98 Å². The van der Waals surface area contributed by atoms with Gasteiger partial charge in [0.2, 0.25) is 0 Å². The van der Waals surface area contributed by atoms with Gasteiger partial charge >= 0.3 is 0 Å². The van der Waals surface area contributed by atoms with Crippen molar-refractivity contribution < 1.29 is 9.62 Å². The molecule has 1 N–H and O–H groups in total. The Morgan fingerprint density at radius 2 is 1.54 bits per heavy atom. The van der Waals surface area contributed by atoms with Crippen LogP contribution >= 0.6 is 0 Å². The van der Waals surface area contributed by atoms with Gasteiger partial charge in [0.1, 0.15) is 16.6 Å². The normalized spacial score (nSPS) is 11.9. The number of hydrogen-bond donors (Lipinski definition) is 1. The van der Waals surface area contributed by atoms with E-state index < -0.39 is 0 Å². The predicted molar refractivity (Wildman–Crippen MR) is 110 cm³/mol. The molecule has 4 nitrogen and oxygen atoms in total. The number of pyridine rings is 1. The molecule has 0 unspecified atom stereocenters. The van der Waals surface area contributed by atoms with Crippen LogP contribution in [-0.4, -0.2) is 10.2 Å². The van der Waals surface area contributed by atoms with Gasteiger partial charge in [-0.25, -0.2) is 0 Å². The van der Waals surface area contributed by atoms with Crippen LogP contribution in [-0.2, 0) is 0 Å². The molecule has 5 aromatic rings. The second-order valence-electron chi connectivity index (χ2n) is 6.59. The summed E-state index contributed by atoms with van der Waals surface area (Å²) in [5.74, 6) is 0.552. The van der Waals surface area contributed by atoms with Crippen LogP contribution in [0, 0.1) is 0 Å². The van der Waals surface area contributed by atoms with E-state index >= 15 is 0 Å². The summed E-state index contributed by atoms with van der Waals surface area (Å²) in [6.07, 6.45) is 1.82. The second kappa shape index (κ2) is 6.67. The number of fused-ring (bicyclic) bond motifs is 2. The summed E-state index contributed by atoms with van der Waals surface area (Å²) < 4.78 is 6.17. The zero-order valence-electron chi connectivity index (χ0n) is 14.9. The first-order valence-corrected chi connectivity index (χ1v) is 8.98. The quantitative estimate of drug-likeness (QED) is 0.327. The molecule has 0 spiro atoms. The Hall–Kier alpha value is -3.92. The van der Waals surface area contributed by atoms with Gasteiger partial charge in [-0.3, -0.25) is 4.98 Å². The van der Waals surface area contributed by atoms with E-state index in [2.05, 4.69) is 10.1 Å². The van der Waals surface area contributed by atoms with Crippen molar-refractivity contribution in [2.45, 2.75) is 0 Å². The standard InChI is InChI=1S/C24H16N2O2/c27-26-21-14-24(22-12-17-8-4-5-9-19(17)15-25-22)28-23-13-18(10-11-20(21)23)16-6-2-1-3-7-16/h1-15,27H. The van der Waals surface area contributed by atoms with Crippen molar-refractivity contribution >= 4 is 21.7 Å². The van der Waals surface area contributed by atoms with Crippen LogP contribution in [0.5, 0.6) is 0 Å². The van der Waals surface area contributed by atoms with Gasteiger partial charge in [0.15, 0.2) is 5.76 Å². The van der Waals surface area contributed by atoms with Crippen LogP contribution in [0.3, 0.4) is 0 Å². The van der Waals surface area contributed by atoms with Crippen LogP contribution < -0.4 is 5.36 Å². The van der Waals surface area contributed by atoms with Crippen LogP contribution in [0.2, 0.25) is 0 Å². The largest absolute Gasteiger partial charge is 0.454 e. The summed E-state index contributed by atoms with van der Waals surface area (Å²) in [6.45, 7) is 0. The molecule has 0 bridgehead atoms. The highest BCUT2D eigenvalue weighted by molar-refractivity contribution is 5.86. The predicted octanol–water partition coefficient (Wildman–Crippen LogP) is 5.60. The van der Waals surface area contributed by atoms with E-state index in [1.807, 2.05) is 85.1 Å². The van der Waals surface area contributed by atoms with E-state index in [-0.39, 0.29) is 0 Å². The lowest BCUT2D eigenvalue weighted by Gasteiger charge is -2.07. The maximum Gasteiger partial charge on any atom is 0.155 e. The summed E-state index contributed by atoms with van der Waals surface area (Å²) in [5.41, 5.74) is 3.46. The third-order valence-corrected chi connectivity index (χ3v) is 4.84. The zero-order chi connectivity index (χ0) is 18.9. The number of rotatable bonds is 2. The molecular weight excluding hydrogens is 348 g/mol. The summed E-state index contributed by atoms with van der Waals surface area (Å²) >= 11 is 0. The molecule has 0 fully saturated rings. The molecule has 0 aliphatic carbocycles. The first-order chi connectivity index (χ1) is 13.8. The van der Waals surface area contributed by atoms with Gasteiger partial charge < -0.3 is 9.62 Å². The molecule has 2 aromatic heterocycles. The highest BCUT2D eigenvalue weighted by Crippen LogP contribution is 2.27. The fourth-order valence-corrected chi connectivity index (χ4v) is 3.41. The third-order valence-electron chi connectivity index (χ3n) is 4.84. The molecule has 0 saturated heterocycles. The Balaban J connectivity index is 1.72. The van der Waals surface area contributed by atoms with Crippen molar-refractivity contribution in [1.29, 1.82) is 0 Å². The molecule has 0 saturated carbocycles. The number of hydrogen-bond acceptors (Lipinski definition) is 4. The first-order valence-electron chi connectivity index (χ1n) is 8.98. The van der Waals surface area contributed by atoms with Crippen molar-refractivity contribution in [3.8, 4) is 22.6 Å². The van der Waals surface area contributed by atoms with Crippen LogP contribution in [0.1, 0.15) is 0 Å². The molecule has 0 atom stereocenters. The Kier molecular flexibility index (Phi) is 3.87. The molecular formula is C24H16N2O2. The number of aromatic nitrogens is 1. The highest BCUT2D eigenvalue weighted by atomic mass is 16.4. The Bertz CT molecular complexity index is 1370. The van der Waals surface area contributed by atoms with E-state index in [1.54, 1.807) is 6.07 Å². The number of benzene rings is 3. The average molecular weight is 364 g/mol. The lowest BCUT2D eigenvalue weighted by molar-refractivity contribution is 0.302. The van der Waals surface area contributed by atoms with E-state index in [1.165, 1.54) is 0 Å². The molecule has 0 amide bonds. The minimum Gasteiger partial charge on any atom is -0.454 e. The lowest BCUT2D eigenvalue weighted by Crippen LogP contribution is -2.03. The fourth-order valence-electron chi connectivity index (χ4n) is 3.41. The van der Waals surface area contributed by atoms with Crippen molar-refractivity contribution in [3.63, 3.8) is 0 Å². The van der Waals surface area contributed by atoms with Gasteiger partial charge in [-0.1, -0.05) is 65.8 Å². The van der Waals surface area contributed by atoms with Gasteiger partial charge in [0.25, 0.3) is 0 Å². The molecule has 0 radical (unpaired) electrons. The summed E-state index contributed by atoms with van der Waals surface area (Å²) in [7, 11) is 0. The average Bonchev–Trinajstić information content (AvgIpc) is 2.78. The lowest BCUT2D eigenvalue weighted by atomic mass is 10.0. The Morgan fingerprint density at radius 3 is 2.36 bits per heavy atom. The summed E-state index contributed by atoms with van der Waals surface area (Å²) in [6, 6.07) is 27.7. The third kappa shape index (κ3) is 2.81. The van der Waals surface area contributed by atoms with Gasteiger partial charge in [-0.05, 0) is 34.7 Å². The first kappa shape index (κ1) is 16.3.